The highest BCUT2D eigenvalue weighted by Crippen LogP contribution is 2.32. The summed E-state index contributed by atoms with van der Waals surface area (Å²) in [6, 6.07) is 2.02. The van der Waals surface area contributed by atoms with Crippen LogP contribution in [0.5, 0.6) is 0 Å². The smallest absolute Gasteiger partial charge is 0.227 e. The molecule has 0 aromatic carbocycles. The molecule has 5 heteroatoms. The minimum Gasteiger partial charge on any atom is -0.344 e. The Hall–Kier alpha value is -1.57. The SMILES string of the molecule is CN(CCC#N)C(=O)C1CC(=O)N(CC2CC2)C1. The molecule has 0 radical (unpaired) electrons. The lowest BCUT2D eigenvalue weighted by Crippen LogP contribution is -2.35. The summed E-state index contributed by atoms with van der Waals surface area (Å²) >= 11 is 0. The van der Waals surface area contributed by atoms with Gasteiger partial charge in [-0.3, -0.25) is 9.59 Å². The fourth-order valence-electron chi connectivity index (χ4n) is 2.37. The van der Waals surface area contributed by atoms with Gasteiger partial charge >= 0.3 is 0 Å². The first-order chi connectivity index (χ1) is 8.61. The molecule has 1 saturated carbocycles. The van der Waals surface area contributed by atoms with E-state index in [0.29, 0.717) is 31.8 Å². The number of nitrogens with zero attached hydrogens (tertiary/aromatic N) is 3. The number of hydrogen-bond donors (Lipinski definition) is 0. The second-order valence-corrected chi connectivity index (χ2v) is 5.31. The Balaban J connectivity index is 1.84. The van der Waals surface area contributed by atoms with Gasteiger partial charge in [-0.05, 0) is 18.8 Å². The fourth-order valence-corrected chi connectivity index (χ4v) is 2.37. The molecule has 0 N–H and O–H groups in total. The monoisotopic (exact) mass is 249 g/mol. The van der Waals surface area contributed by atoms with Gasteiger partial charge in [0.15, 0.2) is 0 Å². The van der Waals surface area contributed by atoms with E-state index >= 15 is 0 Å². The Morgan fingerprint density at radius 1 is 1.56 bits per heavy atom. The second kappa shape index (κ2) is 5.38. The molecule has 0 spiro atoms. The normalized spacial score (nSPS) is 23.0. The summed E-state index contributed by atoms with van der Waals surface area (Å²) in [6.07, 6.45) is 3.10. The van der Waals surface area contributed by atoms with Gasteiger partial charge in [0.25, 0.3) is 0 Å². The van der Waals surface area contributed by atoms with Crippen LogP contribution in [0.1, 0.15) is 25.7 Å². The molecule has 0 aromatic rings. The minimum absolute atomic E-state index is 0.00287. The molecule has 1 saturated heterocycles. The first-order valence-electron chi connectivity index (χ1n) is 6.51. The standard InChI is InChI=1S/C13H19N3O2/c1-15(6-2-5-14)13(18)11-7-12(17)16(9-11)8-10-3-4-10/h10-11H,2-4,6-9H2,1H3. The first kappa shape index (κ1) is 12.9. The van der Waals surface area contributed by atoms with Gasteiger partial charge in [0.05, 0.1) is 18.4 Å². The van der Waals surface area contributed by atoms with Crippen molar-refractivity contribution in [3.63, 3.8) is 0 Å². The molecule has 0 aromatic heterocycles. The Labute approximate surface area is 107 Å². The number of rotatable bonds is 5. The Kier molecular flexibility index (Phi) is 3.85. The molecule has 18 heavy (non-hydrogen) atoms. The number of amides is 2. The van der Waals surface area contributed by atoms with Crippen LogP contribution in [0.2, 0.25) is 0 Å². The number of carbonyl (C=O) groups is 2. The van der Waals surface area contributed by atoms with Gasteiger partial charge in [-0.2, -0.15) is 5.26 Å². The van der Waals surface area contributed by atoms with E-state index in [9.17, 15) is 9.59 Å². The van der Waals surface area contributed by atoms with Crippen LogP contribution in [-0.2, 0) is 9.59 Å². The molecule has 2 amide bonds. The summed E-state index contributed by atoms with van der Waals surface area (Å²) in [6.45, 7) is 1.83. The highest BCUT2D eigenvalue weighted by molar-refractivity contribution is 5.89. The third-order valence-electron chi connectivity index (χ3n) is 3.67. The highest BCUT2D eigenvalue weighted by atomic mass is 16.2. The molecular formula is C13H19N3O2. The first-order valence-corrected chi connectivity index (χ1v) is 6.51. The molecule has 2 fully saturated rings. The Morgan fingerprint density at radius 3 is 2.89 bits per heavy atom. The van der Waals surface area contributed by atoms with E-state index in [1.165, 1.54) is 12.8 Å². The highest BCUT2D eigenvalue weighted by Gasteiger charge is 2.37. The number of likely N-dealkylation sites (tertiary alicyclic amines) is 1. The van der Waals surface area contributed by atoms with Crippen LogP contribution >= 0.6 is 0 Å². The fraction of sp³-hybridized carbons (Fsp3) is 0.769. The van der Waals surface area contributed by atoms with Crippen molar-refractivity contribution in [1.29, 1.82) is 5.26 Å². The summed E-state index contributed by atoms with van der Waals surface area (Å²) in [7, 11) is 1.70. The topological polar surface area (TPSA) is 64.4 Å². The Morgan fingerprint density at radius 2 is 2.28 bits per heavy atom. The average Bonchev–Trinajstić information content (AvgIpc) is 3.09. The lowest BCUT2D eigenvalue weighted by atomic mass is 10.1. The van der Waals surface area contributed by atoms with Crippen LogP contribution < -0.4 is 0 Å². The molecule has 0 bridgehead atoms. The predicted molar refractivity (Wildman–Crippen MR) is 65.3 cm³/mol. The maximum absolute atomic E-state index is 12.1. The number of carbonyl (C=O) groups excluding carboxylic acids is 2. The van der Waals surface area contributed by atoms with Crippen LogP contribution in [0, 0.1) is 23.2 Å². The molecular weight excluding hydrogens is 230 g/mol. The minimum atomic E-state index is -0.208. The number of nitriles is 1. The molecule has 1 unspecified atom stereocenters. The summed E-state index contributed by atoms with van der Waals surface area (Å²) in [5, 5.41) is 8.50. The molecule has 1 atom stereocenters. The van der Waals surface area contributed by atoms with Crippen molar-refractivity contribution in [2.45, 2.75) is 25.7 Å². The zero-order valence-corrected chi connectivity index (χ0v) is 10.8. The summed E-state index contributed by atoms with van der Waals surface area (Å²) in [4.78, 5) is 27.3. The van der Waals surface area contributed by atoms with E-state index in [1.807, 2.05) is 11.0 Å². The lowest BCUT2D eigenvalue weighted by Gasteiger charge is -2.20. The van der Waals surface area contributed by atoms with Gasteiger partial charge in [-0.25, -0.2) is 0 Å². The Bertz CT molecular complexity index is 384. The van der Waals surface area contributed by atoms with Crippen LogP contribution in [0.3, 0.4) is 0 Å². The van der Waals surface area contributed by atoms with Gasteiger partial charge in [-0.1, -0.05) is 0 Å². The third kappa shape index (κ3) is 3.00. The van der Waals surface area contributed by atoms with Crippen molar-refractivity contribution in [3.05, 3.63) is 0 Å². The second-order valence-electron chi connectivity index (χ2n) is 5.31. The van der Waals surface area contributed by atoms with Crippen LogP contribution in [0.25, 0.3) is 0 Å². The number of hydrogen-bond acceptors (Lipinski definition) is 3. The third-order valence-corrected chi connectivity index (χ3v) is 3.67. The van der Waals surface area contributed by atoms with Gasteiger partial charge < -0.3 is 9.80 Å². The summed E-state index contributed by atoms with van der Waals surface area (Å²) in [5.41, 5.74) is 0. The quantitative estimate of drug-likeness (QED) is 0.717. The summed E-state index contributed by atoms with van der Waals surface area (Å²) < 4.78 is 0. The van der Waals surface area contributed by atoms with Crippen molar-refractivity contribution >= 4 is 11.8 Å². The van der Waals surface area contributed by atoms with Gasteiger partial charge in [0.1, 0.15) is 0 Å². The zero-order chi connectivity index (χ0) is 13.1. The van der Waals surface area contributed by atoms with E-state index in [2.05, 4.69) is 0 Å². The predicted octanol–water partition coefficient (Wildman–Crippen LogP) is 0.617. The molecule has 5 nitrogen and oxygen atoms in total. The molecule has 98 valence electrons. The molecule has 1 aliphatic heterocycles. The molecule has 1 heterocycles. The van der Waals surface area contributed by atoms with Crippen molar-refractivity contribution in [1.82, 2.24) is 9.80 Å². The van der Waals surface area contributed by atoms with Gasteiger partial charge in [-0.15, -0.1) is 0 Å². The van der Waals surface area contributed by atoms with Gasteiger partial charge in [0, 0.05) is 33.1 Å². The van der Waals surface area contributed by atoms with Crippen LogP contribution in [0.4, 0.5) is 0 Å². The molecule has 2 aliphatic rings. The van der Waals surface area contributed by atoms with Crippen LogP contribution in [-0.4, -0.2) is 48.3 Å². The van der Waals surface area contributed by atoms with Crippen molar-refractivity contribution in [2.24, 2.45) is 11.8 Å². The molecule has 2 rings (SSSR count). The van der Waals surface area contributed by atoms with E-state index in [0.717, 1.165) is 6.54 Å². The maximum Gasteiger partial charge on any atom is 0.227 e. The zero-order valence-electron chi connectivity index (χ0n) is 10.8. The summed E-state index contributed by atoms with van der Waals surface area (Å²) in [5.74, 6) is 0.560. The van der Waals surface area contributed by atoms with Gasteiger partial charge in [0.2, 0.25) is 11.8 Å². The van der Waals surface area contributed by atoms with Crippen molar-refractivity contribution in [2.75, 3.05) is 26.7 Å². The van der Waals surface area contributed by atoms with E-state index in [4.69, 9.17) is 5.26 Å². The van der Waals surface area contributed by atoms with E-state index in [-0.39, 0.29) is 17.7 Å². The lowest BCUT2D eigenvalue weighted by molar-refractivity contribution is -0.134. The van der Waals surface area contributed by atoms with Crippen LogP contribution in [0.15, 0.2) is 0 Å². The van der Waals surface area contributed by atoms with Crippen molar-refractivity contribution < 1.29 is 9.59 Å². The van der Waals surface area contributed by atoms with Crippen molar-refractivity contribution in [3.8, 4) is 6.07 Å². The van der Waals surface area contributed by atoms with E-state index < -0.39 is 0 Å². The van der Waals surface area contributed by atoms with E-state index in [1.54, 1.807) is 11.9 Å². The average molecular weight is 249 g/mol. The largest absolute Gasteiger partial charge is 0.344 e. The maximum atomic E-state index is 12.1. The molecule has 1 aliphatic carbocycles.